The van der Waals surface area contributed by atoms with Crippen molar-refractivity contribution in [1.82, 2.24) is 0 Å². The first-order valence-corrected chi connectivity index (χ1v) is 12.2. The van der Waals surface area contributed by atoms with Crippen molar-refractivity contribution >= 4 is 45.5 Å². The number of hydrogen-bond donors (Lipinski definition) is 2. The summed E-state index contributed by atoms with van der Waals surface area (Å²) in [5, 5.41) is 24.0. The fraction of sp³-hybridized carbons (Fsp3) is 0.133. The van der Waals surface area contributed by atoms with Gasteiger partial charge in [0.25, 0.3) is 11.7 Å². The number of phenols is 1. The van der Waals surface area contributed by atoms with Gasteiger partial charge in [0, 0.05) is 16.3 Å². The van der Waals surface area contributed by atoms with E-state index in [-0.39, 0.29) is 22.8 Å². The number of carbonyl (C=O) groups excluding carboxylic acids is 2. The monoisotopic (exact) mass is 513 g/mol. The number of Topliss-reactive ketones (excluding diaryl/α,β-unsaturated/α-hetero) is 1. The van der Waals surface area contributed by atoms with E-state index in [1.165, 1.54) is 11.0 Å². The molecule has 0 saturated carbocycles. The second-order valence-corrected chi connectivity index (χ2v) is 9.26. The Kier molecular flexibility index (Phi) is 6.36. The number of aliphatic hydroxyl groups is 1. The maximum absolute atomic E-state index is 13.5. The lowest BCUT2D eigenvalue weighted by atomic mass is 9.94. The summed E-state index contributed by atoms with van der Waals surface area (Å²) in [6, 6.07) is 21.7. The number of aryl methyl sites for hydroxylation is 1. The van der Waals surface area contributed by atoms with Crippen LogP contribution in [0.1, 0.15) is 29.7 Å². The van der Waals surface area contributed by atoms with Gasteiger partial charge in [-0.25, -0.2) is 0 Å². The molecule has 0 aromatic heterocycles. The van der Waals surface area contributed by atoms with Crippen molar-refractivity contribution in [1.29, 1.82) is 0 Å². The second-order valence-electron chi connectivity index (χ2n) is 8.82. The molecule has 7 heteroatoms. The summed E-state index contributed by atoms with van der Waals surface area (Å²) in [4.78, 5) is 28.3. The van der Waals surface area contributed by atoms with Gasteiger partial charge >= 0.3 is 0 Å². The molecule has 1 aliphatic heterocycles. The third-order valence-electron chi connectivity index (χ3n) is 6.50. The van der Waals surface area contributed by atoms with Crippen molar-refractivity contribution in [3.05, 3.63) is 106 Å². The van der Waals surface area contributed by atoms with Crippen LogP contribution in [0.25, 0.3) is 16.5 Å². The molecular weight excluding hydrogens is 490 g/mol. The highest BCUT2D eigenvalue weighted by molar-refractivity contribution is 6.52. The van der Waals surface area contributed by atoms with Gasteiger partial charge in [-0.1, -0.05) is 60.1 Å². The zero-order chi connectivity index (χ0) is 26.3. The lowest BCUT2D eigenvalue weighted by Gasteiger charge is -2.27. The summed E-state index contributed by atoms with van der Waals surface area (Å²) >= 11 is 6.27. The smallest absolute Gasteiger partial charge is 0.300 e. The minimum absolute atomic E-state index is 0.0622. The molecule has 1 atom stereocenters. The van der Waals surface area contributed by atoms with Crippen LogP contribution in [-0.2, 0) is 9.59 Å². The first kappa shape index (κ1) is 24.4. The summed E-state index contributed by atoms with van der Waals surface area (Å²) < 4.78 is 5.56. The highest BCUT2D eigenvalue weighted by Crippen LogP contribution is 2.45. The molecule has 0 aliphatic carbocycles. The highest BCUT2D eigenvalue weighted by atomic mass is 35.5. The molecule has 1 unspecified atom stereocenters. The van der Waals surface area contributed by atoms with E-state index in [4.69, 9.17) is 16.3 Å². The lowest BCUT2D eigenvalue weighted by molar-refractivity contribution is -0.132. The number of nitrogens with zero attached hydrogens (tertiary/aromatic N) is 1. The summed E-state index contributed by atoms with van der Waals surface area (Å²) in [6.07, 6.45) is 0. The van der Waals surface area contributed by atoms with Crippen LogP contribution in [0.3, 0.4) is 0 Å². The van der Waals surface area contributed by atoms with Crippen LogP contribution >= 0.6 is 11.6 Å². The standard InChI is InChI=1S/C30H24ClNO5/c1-3-37-25-15-20(11-13-24(25)33)27-26(28(34)21-10-9-18-6-4-5-7-19(18)14-21)29(35)30(36)32(27)23-16-22(31)12-8-17(23)2/h4-16,27,33-34H,3H2,1-2H3/b28-26+. The van der Waals surface area contributed by atoms with Crippen LogP contribution in [0.15, 0.2) is 84.4 Å². The predicted molar refractivity (Wildman–Crippen MR) is 144 cm³/mol. The van der Waals surface area contributed by atoms with E-state index >= 15 is 0 Å². The first-order valence-electron chi connectivity index (χ1n) is 11.8. The molecule has 4 aromatic carbocycles. The molecule has 1 amide bonds. The van der Waals surface area contributed by atoms with Crippen LogP contribution in [0, 0.1) is 6.92 Å². The maximum Gasteiger partial charge on any atom is 0.300 e. The van der Waals surface area contributed by atoms with Crippen molar-refractivity contribution in [2.45, 2.75) is 19.9 Å². The number of halogens is 1. The average molecular weight is 514 g/mol. The number of phenolic OH excluding ortho intramolecular Hbond substituents is 1. The van der Waals surface area contributed by atoms with Crippen molar-refractivity contribution in [3.63, 3.8) is 0 Å². The van der Waals surface area contributed by atoms with Gasteiger partial charge < -0.3 is 14.9 Å². The molecule has 6 nitrogen and oxygen atoms in total. The third-order valence-corrected chi connectivity index (χ3v) is 6.73. The van der Waals surface area contributed by atoms with Crippen molar-refractivity contribution < 1.29 is 24.5 Å². The molecule has 4 aromatic rings. The van der Waals surface area contributed by atoms with E-state index in [1.54, 1.807) is 49.4 Å². The number of rotatable bonds is 5. The molecule has 1 heterocycles. The summed E-state index contributed by atoms with van der Waals surface area (Å²) in [7, 11) is 0. The Balaban J connectivity index is 1.76. The Morgan fingerprint density at radius 2 is 1.73 bits per heavy atom. The number of aromatic hydroxyl groups is 1. The molecular formula is C30H24ClNO5. The lowest BCUT2D eigenvalue weighted by Crippen LogP contribution is -2.30. The van der Waals surface area contributed by atoms with Gasteiger partial charge in [-0.15, -0.1) is 0 Å². The van der Waals surface area contributed by atoms with Gasteiger partial charge in [-0.2, -0.15) is 0 Å². The minimum Gasteiger partial charge on any atom is -0.507 e. The van der Waals surface area contributed by atoms with E-state index in [0.717, 1.165) is 16.3 Å². The van der Waals surface area contributed by atoms with Gasteiger partial charge in [0.1, 0.15) is 5.76 Å². The van der Waals surface area contributed by atoms with Gasteiger partial charge in [-0.05, 0) is 66.1 Å². The van der Waals surface area contributed by atoms with Crippen LogP contribution in [0.4, 0.5) is 5.69 Å². The van der Waals surface area contributed by atoms with Crippen LogP contribution in [-0.4, -0.2) is 28.5 Å². The molecule has 1 aliphatic rings. The number of aliphatic hydroxyl groups excluding tert-OH is 1. The molecule has 5 rings (SSSR count). The molecule has 0 spiro atoms. The molecule has 2 N–H and O–H groups in total. The van der Waals surface area contributed by atoms with E-state index < -0.39 is 17.7 Å². The molecule has 0 bridgehead atoms. The predicted octanol–water partition coefficient (Wildman–Crippen LogP) is 6.53. The Bertz CT molecular complexity index is 1590. The largest absolute Gasteiger partial charge is 0.507 e. The quantitative estimate of drug-likeness (QED) is 0.180. The van der Waals surface area contributed by atoms with Gasteiger partial charge in [0.15, 0.2) is 11.5 Å². The number of fused-ring (bicyclic) bond motifs is 1. The Morgan fingerprint density at radius 1 is 0.973 bits per heavy atom. The Hall–Kier alpha value is -4.29. The first-order chi connectivity index (χ1) is 17.8. The van der Waals surface area contributed by atoms with Gasteiger partial charge in [-0.3, -0.25) is 14.5 Å². The molecule has 186 valence electrons. The number of anilines is 1. The number of ketones is 1. The topological polar surface area (TPSA) is 87.1 Å². The molecule has 37 heavy (non-hydrogen) atoms. The fourth-order valence-corrected chi connectivity index (χ4v) is 4.87. The number of ether oxygens (including phenoxy) is 1. The number of amides is 1. The zero-order valence-electron chi connectivity index (χ0n) is 20.2. The van der Waals surface area contributed by atoms with Crippen LogP contribution in [0.2, 0.25) is 5.02 Å². The van der Waals surface area contributed by atoms with E-state index in [9.17, 15) is 19.8 Å². The average Bonchev–Trinajstić information content (AvgIpc) is 3.16. The van der Waals surface area contributed by atoms with Crippen molar-refractivity contribution in [2.75, 3.05) is 11.5 Å². The molecule has 1 saturated heterocycles. The third kappa shape index (κ3) is 4.30. The summed E-state index contributed by atoms with van der Waals surface area (Å²) in [6.45, 7) is 3.91. The van der Waals surface area contributed by atoms with E-state index in [0.29, 0.717) is 28.4 Å². The van der Waals surface area contributed by atoms with Crippen LogP contribution in [0.5, 0.6) is 11.5 Å². The maximum atomic E-state index is 13.5. The summed E-state index contributed by atoms with van der Waals surface area (Å²) in [5.41, 5.74) is 2.01. The van der Waals surface area contributed by atoms with Gasteiger partial charge in [0.05, 0.1) is 18.2 Å². The number of benzene rings is 4. The molecule has 1 fully saturated rings. The van der Waals surface area contributed by atoms with Gasteiger partial charge in [0.2, 0.25) is 0 Å². The summed E-state index contributed by atoms with van der Waals surface area (Å²) in [5.74, 6) is -1.76. The zero-order valence-corrected chi connectivity index (χ0v) is 21.0. The van der Waals surface area contributed by atoms with E-state index in [2.05, 4.69) is 0 Å². The number of hydrogen-bond acceptors (Lipinski definition) is 5. The Morgan fingerprint density at radius 3 is 2.49 bits per heavy atom. The van der Waals surface area contributed by atoms with Crippen molar-refractivity contribution in [3.8, 4) is 11.5 Å². The SMILES string of the molecule is CCOc1cc(C2/C(=C(\O)c3ccc4ccccc4c3)C(=O)C(=O)N2c2cc(Cl)ccc2C)ccc1O. The second kappa shape index (κ2) is 9.64. The normalized spacial score (nSPS) is 16.9. The fourth-order valence-electron chi connectivity index (χ4n) is 4.70. The highest BCUT2D eigenvalue weighted by Gasteiger charge is 2.47. The van der Waals surface area contributed by atoms with E-state index in [1.807, 2.05) is 37.3 Å². The van der Waals surface area contributed by atoms with Crippen LogP contribution < -0.4 is 9.64 Å². The van der Waals surface area contributed by atoms with Crippen molar-refractivity contribution in [2.24, 2.45) is 0 Å². The molecule has 0 radical (unpaired) electrons. The minimum atomic E-state index is -0.983. The Labute approximate surface area is 219 Å². The number of carbonyl (C=O) groups is 2.